The molecule has 10 heteroatoms. The van der Waals surface area contributed by atoms with Crippen molar-refractivity contribution in [2.24, 2.45) is 4.99 Å². The summed E-state index contributed by atoms with van der Waals surface area (Å²) in [6.07, 6.45) is 6.59. The standard InChI is InChI=1S/C21H23Cl2N7.HI/c1-24-21(28-17-8-10-29(14-17)20-19(23)3-2-9-25-20)26-11-15-12-27-30(13-15)18-6-4-16(22)5-7-18;/h2-7,9,12-13,17H,8,10-11,14H2,1H3,(H2,24,26,28);1H. The Morgan fingerprint density at radius 3 is 2.77 bits per heavy atom. The second-order valence-electron chi connectivity index (χ2n) is 7.08. The molecule has 1 aliphatic rings. The molecule has 1 aromatic carbocycles. The predicted octanol–water partition coefficient (Wildman–Crippen LogP) is 4.14. The molecule has 3 heterocycles. The quantitative estimate of drug-likeness (QED) is 0.274. The van der Waals surface area contributed by atoms with Gasteiger partial charge < -0.3 is 15.5 Å². The van der Waals surface area contributed by atoms with Crippen LogP contribution in [0.15, 0.2) is 60.0 Å². The number of hydrogen-bond acceptors (Lipinski definition) is 4. The van der Waals surface area contributed by atoms with Crippen LogP contribution < -0.4 is 15.5 Å². The van der Waals surface area contributed by atoms with Gasteiger partial charge in [0, 0.05) is 55.7 Å². The molecule has 0 saturated carbocycles. The number of hydrogen-bond donors (Lipinski definition) is 2. The Morgan fingerprint density at radius 2 is 2.03 bits per heavy atom. The molecule has 1 atom stereocenters. The van der Waals surface area contributed by atoms with E-state index in [1.54, 1.807) is 13.2 Å². The van der Waals surface area contributed by atoms with Gasteiger partial charge >= 0.3 is 0 Å². The Morgan fingerprint density at radius 1 is 1.23 bits per heavy atom. The van der Waals surface area contributed by atoms with Gasteiger partial charge in [-0.05, 0) is 42.8 Å². The van der Waals surface area contributed by atoms with Gasteiger partial charge in [-0.3, -0.25) is 4.99 Å². The highest BCUT2D eigenvalue weighted by molar-refractivity contribution is 14.0. The maximum atomic E-state index is 6.28. The maximum absolute atomic E-state index is 6.28. The number of nitrogens with one attached hydrogen (secondary N) is 2. The third-order valence-corrected chi connectivity index (χ3v) is 5.53. The smallest absolute Gasteiger partial charge is 0.191 e. The molecule has 0 bridgehead atoms. The zero-order valence-corrected chi connectivity index (χ0v) is 20.8. The van der Waals surface area contributed by atoms with E-state index in [1.165, 1.54) is 0 Å². The molecule has 0 aliphatic carbocycles. The molecule has 1 unspecified atom stereocenters. The van der Waals surface area contributed by atoms with Gasteiger partial charge in [-0.1, -0.05) is 23.2 Å². The summed E-state index contributed by atoms with van der Waals surface area (Å²) in [6.45, 7) is 2.35. The molecular weight excluding hydrogens is 548 g/mol. The normalized spacial score (nSPS) is 16.2. The Balaban J connectivity index is 0.00000272. The molecule has 3 aromatic rings. The topological polar surface area (TPSA) is 70.4 Å². The van der Waals surface area contributed by atoms with Crippen LogP contribution in [-0.4, -0.2) is 46.9 Å². The fraction of sp³-hybridized carbons (Fsp3) is 0.286. The molecule has 7 nitrogen and oxygen atoms in total. The van der Waals surface area contributed by atoms with E-state index in [-0.39, 0.29) is 30.0 Å². The second kappa shape index (κ2) is 11.0. The molecule has 2 aromatic heterocycles. The lowest BCUT2D eigenvalue weighted by Gasteiger charge is -2.20. The zero-order valence-electron chi connectivity index (χ0n) is 17.0. The average molecular weight is 572 g/mol. The van der Waals surface area contributed by atoms with Crippen molar-refractivity contribution in [1.82, 2.24) is 25.4 Å². The fourth-order valence-corrected chi connectivity index (χ4v) is 3.81. The largest absolute Gasteiger partial charge is 0.353 e. The van der Waals surface area contributed by atoms with Crippen molar-refractivity contribution in [2.45, 2.75) is 19.0 Å². The van der Waals surface area contributed by atoms with E-state index in [1.807, 2.05) is 53.5 Å². The van der Waals surface area contributed by atoms with Gasteiger partial charge in [0.2, 0.25) is 0 Å². The fourth-order valence-electron chi connectivity index (χ4n) is 3.44. The first-order chi connectivity index (χ1) is 14.6. The summed E-state index contributed by atoms with van der Waals surface area (Å²) in [4.78, 5) is 11.0. The van der Waals surface area contributed by atoms with Gasteiger partial charge in [-0.15, -0.1) is 24.0 Å². The SMILES string of the molecule is CN=C(NCc1cnn(-c2ccc(Cl)cc2)c1)NC1CCN(c2ncccc2Cl)C1.I. The summed E-state index contributed by atoms with van der Waals surface area (Å²) in [5.74, 6) is 1.59. The van der Waals surface area contributed by atoms with Crippen molar-refractivity contribution in [2.75, 3.05) is 25.0 Å². The summed E-state index contributed by atoms with van der Waals surface area (Å²) in [5.41, 5.74) is 2.02. The highest BCUT2D eigenvalue weighted by Crippen LogP contribution is 2.25. The van der Waals surface area contributed by atoms with Crippen LogP contribution >= 0.6 is 47.2 Å². The first-order valence-electron chi connectivity index (χ1n) is 9.74. The van der Waals surface area contributed by atoms with E-state index in [0.29, 0.717) is 16.6 Å². The van der Waals surface area contributed by atoms with Gasteiger partial charge in [0.1, 0.15) is 5.82 Å². The van der Waals surface area contributed by atoms with E-state index in [2.05, 4.69) is 30.6 Å². The Kier molecular flexibility index (Phi) is 8.39. The lowest BCUT2D eigenvalue weighted by atomic mass is 10.3. The lowest BCUT2D eigenvalue weighted by molar-refractivity contribution is 0.648. The van der Waals surface area contributed by atoms with Crippen LogP contribution in [0.1, 0.15) is 12.0 Å². The van der Waals surface area contributed by atoms with Crippen molar-refractivity contribution in [1.29, 1.82) is 0 Å². The predicted molar refractivity (Wildman–Crippen MR) is 137 cm³/mol. The molecule has 1 fully saturated rings. The van der Waals surface area contributed by atoms with E-state index in [4.69, 9.17) is 23.2 Å². The van der Waals surface area contributed by atoms with Gasteiger partial charge in [0.25, 0.3) is 0 Å². The first kappa shape index (κ1) is 23.6. The highest BCUT2D eigenvalue weighted by Gasteiger charge is 2.25. The molecule has 2 N–H and O–H groups in total. The van der Waals surface area contributed by atoms with Crippen LogP contribution in [0, 0.1) is 0 Å². The van der Waals surface area contributed by atoms with Crippen molar-refractivity contribution >= 4 is 59.0 Å². The number of pyridine rings is 1. The molecule has 1 saturated heterocycles. The number of nitrogens with zero attached hydrogens (tertiary/aromatic N) is 5. The molecule has 0 spiro atoms. The molecule has 0 amide bonds. The average Bonchev–Trinajstić information content (AvgIpc) is 3.42. The summed E-state index contributed by atoms with van der Waals surface area (Å²) < 4.78 is 1.83. The van der Waals surface area contributed by atoms with E-state index >= 15 is 0 Å². The molecule has 164 valence electrons. The number of anilines is 1. The second-order valence-corrected chi connectivity index (χ2v) is 7.92. The van der Waals surface area contributed by atoms with Gasteiger partial charge in [-0.2, -0.15) is 5.10 Å². The third kappa shape index (κ3) is 6.02. The van der Waals surface area contributed by atoms with Crippen LogP contribution in [0.4, 0.5) is 5.82 Å². The molecule has 31 heavy (non-hydrogen) atoms. The van der Waals surface area contributed by atoms with E-state index in [9.17, 15) is 0 Å². The minimum absolute atomic E-state index is 0. The van der Waals surface area contributed by atoms with Gasteiger partial charge in [-0.25, -0.2) is 9.67 Å². The van der Waals surface area contributed by atoms with Crippen molar-refractivity contribution in [3.8, 4) is 5.69 Å². The molecule has 1 aliphatic heterocycles. The monoisotopic (exact) mass is 571 g/mol. The number of guanidine groups is 1. The summed E-state index contributed by atoms with van der Waals surface area (Å²) in [6, 6.07) is 11.6. The number of rotatable bonds is 5. The number of aliphatic imine (C=N–C) groups is 1. The zero-order chi connectivity index (χ0) is 20.9. The maximum Gasteiger partial charge on any atom is 0.191 e. The van der Waals surface area contributed by atoms with Gasteiger partial charge in [0.05, 0.1) is 16.9 Å². The minimum Gasteiger partial charge on any atom is -0.353 e. The van der Waals surface area contributed by atoms with Crippen molar-refractivity contribution in [3.05, 3.63) is 70.6 Å². The summed E-state index contributed by atoms with van der Waals surface area (Å²) in [5, 5.41) is 12.6. The van der Waals surface area contributed by atoms with Crippen LogP contribution in [0.5, 0.6) is 0 Å². The first-order valence-corrected chi connectivity index (χ1v) is 10.5. The summed E-state index contributed by atoms with van der Waals surface area (Å²) >= 11 is 12.2. The Bertz CT molecular complexity index is 1020. The van der Waals surface area contributed by atoms with E-state index < -0.39 is 0 Å². The Hall–Kier alpha value is -2.04. The van der Waals surface area contributed by atoms with Gasteiger partial charge in [0.15, 0.2) is 5.96 Å². The van der Waals surface area contributed by atoms with Crippen LogP contribution in [0.25, 0.3) is 5.69 Å². The van der Waals surface area contributed by atoms with Crippen LogP contribution in [-0.2, 0) is 6.54 Å². The number of halogens is 3. The molecule has 0 radical (unpaired) electrons. The minimum atomic E-state index is 0. The number of aromatic nitrogens is 3. The Labute approximate surface area is 208 Å². The molecular formula is C21H24Cl2IN7. The van der Waals surface area contributed by atoms with Crippen molar-refractivity contribution < 1.29 is 0 Å². The highest BCUT2D eigenvalue weighted by atomic mass is 127. The third-order valence-electron chi connectivity index (χ3n) is 4.98. The summed E-state index contributed by atoms with van der Waals surface area (Å²) in [7, 11) is 1.77. The molecule has 4 rings (SSSR count). The lowest BCUT2D eigenvalue weighted by Crippen LogP contribution is -2.44. The number of benzene rings is 1. The van der Waals surface area contributed by atoms with E-state index in [0.717, 1.165) is 42.5 Å². The van der Waals surface area contributed by atoms with Crippen LogP contribution in [0.3, 0.4) is 0 Å². The van der Waals surface area contributed by atoms with Crippen LogP contribution in [0.2, 0.25) is 10.0 Å². The van der Waals surface area contributed by atoms with Crippen molar-refractivity contribution in [3.63, 3.8) is 0 Å².